The summed E-state index contributed by atoms with van der Waals surface area (Å²) in [6.45, 7) is 0.818. The lowest BCUT2D eigenvalue weighted by Gasteiger charge is -2.36. The number of hydrazine groups is 1. The average molecular weight is 402 g/mol. The van der Waals surface area contributed by atoms with E-state index in [-0.39, 0.29) is 0 Å². The summed E-state index contributed by atoms with van der Waals surface area (Å²) in [5, 5.41) is 14.1. The number of nitrogens with zero attached hydrogens (tertiary/aromatic N) is 3. The Balaban J connectivity index is 1.28. The smallest absolute Gasteiger partial charge is 0.151 e. The molecule has 1 aromatic carbocycles. The van der Waals surface area contributed by atoms with Crippen LogP contribution < -0.4 is 21.1 Å². The monoisotopic (exact) mass is 401 g/mol. The molecule has 0 saturated carbocycles. The zero-order valence-electron chi connectivity index (χ0n) is 17.2. The molecule has 154 valence electrons. The van der Waals surface area contributed by atoms with E-state index in [2.05, 4.69) is 73.6 Å². The Morgan fingerprint density at radius 1 is 0.967 bits per heavy atom. The van der Waals surface area contributed by atoms with Crippen LogP contribution in [0.5, 0.6) is 0 Å². The maximum absolute atomic E-state index is 4.61. The van der Waals surface area contributed by atoms with Gasteiger partial charge in [-0.05, 0) is 61.1 Å². The Kier molecular flexibility index (Phi) is 4.24. The van der Waals surface area contributed by atoms with Crippen LogP contribution in [0.1, 0.15) is 31.2 Å². The van der Waals surface area contributed by atoms with Crippen LogP contribution in [0.2, 0.25) is 0 Å². The van der Waals surface area contributed by atoms with Gasteiger partial charge in [-0.25, -0.2) is 5.43 Å². The molecule has 0 spiro atoms. The van der Waals surface area contributed by atoms with Crippen molar-refractivity contribution < 1.29 is 0 Å². The summed E-state index contributed by atoms with van der Waals surface area (Å²) in [5.74, 6) is 0.956. The van der Waals surface area contributed by atoms with E-state index in [0.29, 0.717) is 18.1 Å². The molecule has 0 amide bonds. The van der Waals surface area contributed by atoms with Crippen molar-refractivity contribution in [2.45, 2.75) is 43.8 Å². The molecule has 3 aliphatic heterocycles. The third kappa shape index (κ3) is 2.97. The summed E-state index contributed by atoms with van der Waals surface area (Å²) >= 11 is 0. The fourth-order valence-electron chi connectivity index (χ4n) is 5.35. The molecule has 3 aliphatic rings. The minimum atomic E-state index is 0.542. The number of hydrogen-bond acceptors (Lipinski definition) is 6. The molecule has 2 unspecified atom stereocenters. The van der Waals surface area contributed by atoms with E-state index in [1.165, 1.54) is 42.2 Å². The first-order valence-corrected chi connectivity index (χ1v) is 10.9. The number of aromatic nitrogens is 3. The molecule has 0 aliphatic carbocycles. The molecule has 2 aromatic heterocycles. The number of hydrogen-bond donors (Lipinski definition) is 4. The van der Waals surface area contributed by atoms with Gasteiger partial charge in [-0.2, -0.15) is 0 Å². The normalized spacial score (nSPS) is 25.4. The van der Waals surface area contributed by atoms with E-state index in [1.54, 1.807) is 0 Å². The molecule has 7 heteroatoms. The van der Waals surface area contributed by atoms with E-state index in [0.717, 1.165) is 29.1 Å². The molecule has 2 fully saturated rings. The van der Waals surface area contributed by atoms with Crippen molar-refractivity contribution >= 4 is 22.3 Å². The fraction of sp³-hybridized carbons (Fsp3) is 0.391. The van der Waals surface area contributed by atoms with Gasteiger partial charge in [0.15, 0.2) is 5.82 Å². The quantitative estimate of drug-likeness (QED) is 0.538. The molecule has 30 heavy (non-hydrogen) atoms. The molecule has 7 nitrogen and oxygen atoms in total. The fourth-order valence-corrected chi connectivity index (χ4v) is 5.35. The Morgan fingerprint density at radius 3 is 2.53 bits per heavy atom. The number of H-pyrrole nitrogens is 1. The molecule has 3 aromatic rings. The maximum Gasteiger partial charge on any atom is 0.151 e. The van der Waals surface area contributed by atoms with Crippen LogP contribution in [0.15, 0.2) is 42.7 Å². The van der Waals surface area contributed by atoms with Crippen LogP contribution in [0.3, 0.4) is 0 Å². The second-order valence-electron chi connectivity index (χ2n) is 8.75. The molecule has 2 atom stereocenters. The Labute approximate surface area is 175 Å². The molecule has 0 radical (unpaired) electrons. The van der Waals surface area contributed by atoms with Crippen LogP contribution >= 0.6 is 0 Å². The van der Waals surface area contributed by atoms with E-state index in [1.807, 2.05) is 12.4 Å². The van der Waals surface area contributed by atoms with Crippen molar-refractivity contribution in [1.82, 2.24) is 31.3 Å². The van der Waals surface area contributed by atoms with Gasteiger partial charge in [0.2, 0.25) is 0 Å². The Morgan fingerprint density at radius 2 is 1.80 bits per heavy atom. The molecule has 6 rings (SSSR count). The maximum atomic E-state index is 4.61. The highest BCUT2D eigenvalue weighted by molar-refractivity contribution is 6.00. The predicted octanol–water partition coefficient (Wildman–Crippen LogP) is 2.79. The van der Waals surface area contributed by atoms with E-state index in [9.17, 15) is 0 Å². The number of rotatable bonds is 4. The van der Waals surface area contributed by atoms with Gasteiger partial charge in [-0.3, -0.25) is 0 Å². The number of fused-ring (bicyclic) bond motifs is 3. The van der Waals surface area contributed by atoms with Crippen LogP contribution in [0.25, 0.3) is 27.7 Å². The second kappa shape index (κ2) is 7.11. The highest BCUT2D eigenvalue weighted by atomic mass is 15.4. The van der Waals surface area contributed by atoms with Crippen molar-refractivity contribution in [3.63, 3.8) is 0 Å². The number of piperidine rings is 1. The number of benzene rings is 1. The zero-order chi connectivity index (χ0) is 20.1. The summed E-state index contributed by atoms with van der Waals surface area (Å²) in [6.07, 6.45) is 9.03. The zero-order valence-corrected chi connectivity index (χ0v) is 17.2. The summed E-state index contributed by atoms with van der Waals surface area (Å²) in [6, 6.07) is 12.6. The van der Waals surface area contributed by atoms with Crippen molar-refractivity contribution in [1.29, 1.82) is 0 Å². The van der Waals surface area contributed by atoms with Gasteiger partial charge in [0.1, 0.15) is 0 Å². The van der Waals surface area contributed by atoms with Gasteiger partial charge in [0.05, 0.1) is 11.2 Å². The minimum Gasteiger partial charge on any atom is -0.361 e. The summed E-state index contributed by atoms with van der Waals surface area (Å²) in [7, 11) is 2.16. The molecule has 4 N–H and O–H groups in total. The third-order valence-corrected chi connectivity index (χ3v) is 6.98. The highest BCUT2D eigenvalue weighted by Crippen LogP contribution is 2.34. The molecule has 2 bridgehead atoms. The van der Waals surface area contributed by atoms with E-state index in [4.69, 9.17) is 0 Å². The lowest BCUT2D eigenvalue weighted by Crippen LogP contribution is -2.47. The number of nitrogens with one attached hydrogen (secondary N) is 4. The summed E-state index contributed by atoms with van der Waals surface area (Å²) in [4.78, 5) is 5.73. The standard InChI is InChI=1S/C23H27N7/c1-30(17-10-15-2-3-16(11-17)27-15)22-7-6-21(28-29-22)20-5-4-18(14-12-25-26-13-14)19-8-9-24-23(19)20/h4-9,12,15-17,24-27H,2-3,10-11,13H2,1H3. The molecular formula is C23H27N7. The van der Waals surface area contributed by atoms with Gasteiger partial charge >= 0.3 is 0 Å². The first-order chi connectivity index (χ1) is 14.8. The molecule has 5 heterocycles. The average Bonchev–Trinajstić information content (AvgIpc) is 3.54. The molecular weight excluding hydrogens is 374 g/mol. The van der Waals surface area contributed by atoms with Crippen molar-refractivity contribution in [3.05, 3.63) is 48.3 Å². The van der Waals surface area contributed by atoms with E-state index >= 15 is 0 Å². The largest absolute Gasteiger partial charge is 0.361 e. The van der Waals surface area contributed by atoms with Gasteiger partial charge in [-0.15, -0.1) is 10.2 Å². The topological polar surface area (TPSA) is 80.9 Å². The SMILES string of the molecule is CN(c1ccc(-c2ccc(C3=CNNC3)c3cc[nH]c23)nn1)C1CC2CCC(C1)N2. The van der Waals surface area contributed by atoms with Gasteiger partial charge in [0, 0.05) is 55.1 Å². The summed E-state index contributed by atoms with van der Waals surface area (Å²) < 4.78 is 0. The first-order valence-electron chi connectivity index (χ1n) is 10.9. The Hall–Kier alpha value is -2.90. The van der Waals surface area contributed by atoms with E-state index < -0.39 is 0 Å². The van der Waals surface area contributed by atoms with Gasteiger partial charge in [0.25, 0.3) is 0 Å². The van der Waals surface area contributed by atoms with Crippen LogP contribution in [0.4, 0.5) is 5.82 Å². The lowest BCUT2D eigenvalue weighted by atomic mass is 9.98. The minimum absolute atomic E-state index is 0.542. The van der Waals surface area contributed by atoms with Gasteiger partial charge < -0.3 is 20.6 Å². The second-order valence-corrected chi connectivity index (χ2v) is 8.75. The first kappa shape index (κ1) is 17.9. The summed E-state index contributed by atoms with van der Waals surface area (Å²) in [5.41, 5.74) is 11.8. The van der Waals surface area contributed by atoms with Crippen LogP contribution in [0, 0.1) is 0 Å². The van der Waals surface area contributed by atoms with Crippen molar-refractivity contribution in [2.75, 3.05) is 18.5 Å². The van der Waals surface area contributed by atoms with Crippen molar-refractivity contribution in [2.24, 2.45) is 0 Å². The number of aromatic amines is 1. The number of anilines is 1. The Bertz CT molecular complexity index is 1090. The molecule has 2 saturated heterocycles. The highest BCUT2D eigenvalue weighted by Gasteiger charge is 2.35. The third-order valence-electron chi connectivity index (χ3n) is 6.98. The predicted molar refractivity (Wildman–Crippen MR) is 120 cm³/mol. The van der Waals surface area contributed by atoms with Crippen molar-refractivity contribution in [3.8, 4) is 11.3 Å². The van der Waals surface area contributed by atoms with Crippen LogP contribution in [-0.4, -0.2) is 46.9 Å². The lowest BCUT2D eigenvalue weighted by molar-refractivity contribution is 0.353. The van der Waals surface area contributed by atoms with Gasteiger partial charge in [-0.1, -0.05) is 6.07 Å². The van der Waals surface area contributed by atoms with Crippen LogP contribution in [-0.2, 0) is 0 Å².